The van der Waals surface area contributed by atoms with Crippen LogP contribution >= 0.6 is 11.3 Å². The van der Waals surface area contributed by atoms with E-state index in [4.69, 9.17) is 0 Å². The number of rotatable bonds is 4. The third kappa shape index (κ3) is 3.32. The predicted molar refractivity (Wildman–Crippen MR) is 87.7 cm³/mol. The second-order valence-electron chi connectivity index (χ2n) is 4.44. The molecular formula is C16H14N4S. The predicted octanol–water partition coefficient (Wildman–Crippen LogP) is 3.96. The number of aryl methyl sites for hydroxylation is 1. The summed E-state index contributed by atoms with van der Waals surface area (Å²) in [4.78, 5) is 9.73. The van der Waals surface area contributed by atoms with Gasteiger partial charge in [0.2, 0.25) is 5.13 Å². The number of thiazole rings is 1. The second-order valence-corrected chi connectivity index (χ2v) is 5.64. The van der Waals surface area contributed by atoms with Crippen molar-refractivity contribution in [2.24, 2.45) is 5.10 Å². The smallest absolute Gasteiger partial charge is 0.204 e. The highest BCUT2D eigenvalue weighted by molar-refractivity contribution is 7.15. The molecule has 0 saturated carbocycles. The van der Waals surface area contributed by atoms with Crippen LogP contribution in [0.15, 0.2) is 60.0 Å². The summed E-state index contributed by atoms with van der Waals surface area (Å²) in [5.41, 5.74) is 6.10. The van der Waals surface area contributed by atoms with Crippen LogP contribution in [0.1, 0.15) is 10.4 Å². The summed E-state index contributed by atoms with van der Waals surface area (Å²) < 4.78 is 0. The lowest BCUT2D eigenvalue weighted by Gasteiger charge is -1.96. The standard InChI is InChI=1S/C16H14N4S/c1-12-15(14-5-3-2-4-6-14)19-16(21-12)20-18-11-13-7-9-17-10-8-13/h2-11H,1H3,(H,19,20)/b18-11-. The first-order chi connectivity index (χ1) is 10.3. The molecule has 5 heteroatoms. The van der Waals surface area contributed by atoms with E-state index in [-0.39, 0.29) is 0 Å². The summed E-state index contributed by atoms with van der Waals surface area (Å²) in [5.74, 6) is 0. The van der Waals surface area contributed by atoms with Crippen molar-refractivity contribution in [2.45, 2.75) is 6.92 Å². The number of nitrogens with one attached hydrogen (secondary N) is 1. The fourth-order valence-electron chi connectivity index (χ4n) is 1.92. The van der Waals surface area contributed by atoms with Crippen LogP contribution in [0.25, 0.3) is 11.3 Å². The average Bonchev–Trinajstić information content (AvgIpc) is 2.90. The van der Waals surface area contributed by atoms with Crippen molar-refractivity contribution in [1.29, 1.82) is 0 Å². The molecule has 0 bridgehead atoms. The highest BCUT2D eigenvalue weighted by atomic mass is 32.1. The van der Waals surface area contributed by atoms with E-state index < -0.39 is 0 Å². The van der Waals surface area contributed by atoms with Crippen LogP contribution < -0.4 is 5.43 Å². The monoisotopic (exact) mass is 294 g/mol. The summed E-state index contributed by atoms with van der Waals surface area (Å²) >= 11 is 1.60. The number of hydrogen-bond acceptors (Lipinski definition) is 5. The van der Waals surface area contributed by atoms with Crippen LogP contribution in [0, 0.1) is 6.92 Å². The van der Waals surface area contributed by atoms with Crippen LogP contribution in [0.4, 0.5) is 5.13 Å². The first kappa shape index (κ1) is 13.5. The minimum atomic E-state index is 0.789. The van der Waals surface area contributed by atoms with Crippen molar-refractivity contribution in [1.82, 2.24) is 9.97 Å². The maximum Gasteiger partial charge on any atom is 0.204 e. The molecular weight excluding hydrogens is 280 g/mol. The van der Waals surface area contributed by atoms with Crippen molar-refractivity contribution in [3.8, 4) is 11.3 Å². The molecule has 3 rings (SSSR count). The van der Waals surface area contributed by atoms with Gasteiger partial charge in [-0.15, -0.1) is 11.3 Å². The van der Waals surface area contributed by atoms with Gasteiger partial charge in [0.25, 0.3) is 0 Å². The fourth-order valence-corrected chi connectivity index (χ4v) is 2.71. The summed E-state index contributed by atoms with van der Waals surface area (Å²) in [7, 11) is 0. The molecule has 0 saturated heterocycles. The Bertz CT molecular complexity index is 735. The van der Waals surface area contributed by atoms with E-state index in [1.54, 1.807) is 29.9 Å². The fraction of sp³-hybridized carbons (Fsp3) is 0.0625. The number of hydrazone groups is 1. The van der Waals surface area contributed by atoms with E-state index in [1.165, 1.54) is 4.88 Å². The minimum absolute atomic E-state index is 0.789. The Kier molecular flexibility index (Phi) is 4.02. The Hall–Kier alpha value is -2.53. The van der Waals surface area contributed by atoms with Crippen LogP contribution in [-0.4, -0.2) is 16.2 Å². The second kappa shape index (κ2) is 6.28. The maximum atomic E-state index is 4.59. The third-order valence-corrected chi connectivity index (χ3v) is 3.80. The van der Waals surface area contributed by atoms with E-state index in [0.717, 1.165) is 22.0 Å². The van der Waals surface area contributed by atoms with Crippen LogP contribution in [0.5, 0.6) is 0 Å². The van der Waals surface area contributed by atoms with Gasteiger partial charge >= 0.3 is 0 Å². The molecule has 0 radical (unpaired) electrons. The molecule has 0 spiro atoms. The maximum absolute atomic E-state index is 4.59. The SMILES string of the molecule is Cc1sc(N/N=C\c2ccncc2)nc1-c1ccccc1. The molecule has 104 valence electrons. The normalized spacial score (nSPS) is 10.9. The summed E-state index contributed by atoms with van der Waals surface area (Å²) in [5, 5.41) is 4.99. The molecule has 4 nitrogen and oxygen atoms in total. The molecule has 0 aliphatic rings. The Morgan fingerprint density at radius 1 is 1.10 bits per heavy atom. The number of pyridine rings is 1. The first-order valence-corrected chi connectivity index (χ1v) is 7.36. The lowest BCUT2D eigenvalue weighted by molar-refractivity contribution is 1.28. The van der Waals surface area contributed by atoms with Gasteiger partial charge in [-0.1, -0.05) is 30.3 Å². The molecule has 1 N–H and O–H groups in total. The van der Waals surface area contributed by atoms with Crippen molar-refractivity contribution in [3.05, 3.63) is 65.3 Å². The molecule has 0 aliphatic carbocycles. The molecule has 3 aromatic rings. The Balaban J connectivity index is 1.75. The molecule has 0 unspecified atom stereocenters. The Labute approximate surface area is 127 Å². The zero-order valence-electron chi connectivity index (χ0n) is 11.5. The van der Waals surface area contributed by atoms with E-state index in [9.17, 15) is 0 Å². The van der Waals surface area contributed by atoms with Crippen LogP contribution in [-0.2, 0) is 0 Å². The molecule has 21 heavy (non-hydrogen) atoms. The van der Waals surface area contributed by atoms with Gasteiger partial charge < -0.3 is 0 Å². The zero-order valence-corrected chi connectivity index (χ0v) is 12.3. The van der Waals surface area contributed by atoms with Gasteiger partial charge in [-0.25, -0.2) is 4.98 Å². The minimum Gasteiger partial charge on any atom is -0.265 e. The molecule has 1 aromatic carbocycles. The lowest BCUT2D eigenvalue weighted by atomic mass is 10.1. The molecule has 2 aromatic heterocycles. The largest absolute Gasteiger partial charge is 0.265 e. The first-order valence-electron chi connectivity index (χ1n) is 6.55. The number of aromatic nitrogens is 2. The van der Waals surface area contributed by atoms with Crippen LogP contribution in [0.3, 0.4) is 0 Å². The van der Waals surface area contributed by atoms with E-state index in [0.29, 0.717) is 0 Å². The topological polar surface area (TPSA) is 50.2 Å². The third-order valence-electron chi connectivity index (χ3n) is 2.92. The molecule has 0 atom stereocenters. The van der Waals surface area contributed by atoms with Gasteiger partial charge in [0.05, 0.1) is 11.9 Å². The number of hydrogen-bond donors (Lipinski definition) is 1. The average molecular weight is 294 g/mol. The lowest BCUT2D eigenvalue weighted by Crippen LogP contribution is -1.90. The molecule has 2 heterocycles. The molecule has 0 aliphatic heterocycles. The Morgan fingerprint density at radius 2 is 1.86 bits per heavy atom. The van der Waals surface area contributed by atoms with Gasteiger partial charge in [-0.2, -0.15) is 5.10 Å². The van der Waals surface area contributed by atoms with Crippen molar-refractivity contribution in [2.75, 3.05) is 5.43 Å². The summed E-state index contributed by atoms with van der Waals surface area (Å²) in [6.07, 6.45) is 5.23. The highest BCUT2D eigenvalue weighted by Gasteiger charge is 2.08. The quantitative estimate of drug-likeness (QED) is 0.585. The molecule has 0 amide bonds. The van der Waals surface area contributed by atoms with Gasteiger partial charge in [0.1, 0.15) is 0 Å². The van der Waals surface area contributed by atoms with E-state index in [2.05, 4.69) is 39.6 Å². The van der Waals surface area contributed by atoms with Crippen molar-refractivity contribution in [3.63, 3.8) is 0 Å². The van der Waals surface area contributed by atoms with E-state index in [1.807, 2.05) is 30.3 Å². The number of nitrogens with zero attached hydrogens (tertiary/aromatic N) is 3. The van der Waals surface area contributed by atoms with Gasteiger partial charge in [0, 0.05) is 22.8 Å². The van der Waals surface area contributed by atoms with Crippen LogP contribution in [0.2, 0.25) is 0 Å². The summed E-state index contributed by atoms with van der Waals surface area (Å²) in [6.45, 7) is 2.07. The van der Waals surface area contributed by atoms with Crippen molar-refractivity contribution < 1.29 is 0 Å². The van der Waals surface area contributed by atoms with Gasteiger partial charge in [-0.3, -0.25) is 10.4 Å². The number of benzene rings is 1. The van der Waals surface area contributed by atoms with Crippen molar-refractivity contribution >= 4 is 22.7 Å². The van der Waals surface area contributed by atoms with Gasteiger partial charge in [-0.05, 0) is 24.6 Å². The number of anilines is 1. The molecule has 0 fully saturated rings. The Morgan fingerprint density at radius 3 is 2.62 bits per heavy atom. The zero-order chi connectivity index (χ0) is 14.5. The highest BCUT2D eigenvalue weighted by Crippen LogP contribution is 2.30. The van der Waals surface area contributed by atoms with Gasteiger partial charge in [0.15, 0.2) is 0 Å². The van der Waals surface area contributed by atoms with E-state index >= 15 is 0 Å². The summed E-state index contributed by atoms with van der Waals surface area (Å²) in [6, 6.07) is 14.0.